The molecule has 2 aliphatic rings. The molecule has 34 heavy (non-hydrogen) atoms. The van der Waals surface area contributed by atoms with Gasteiger partial charge in [-0.3, -0.25) is 9.59 Å². The highest BCUT2D eigenvalue weighted by molar-refractivity contribution is 6.01. The van der Waals surface area contributed by atoms with Gasteiger partial charge in [-0.15, -0.1) is 0 Å². The van der Waals surface area contributed by atoms with Crippen LogP contribution in [0.2, 0.25) is 0 Å². The summed E-state index contributed by atoms with van der Waals surface area (Å²) in [5, 5.41) is 9.60. The van der Waals surface area contributed by atoms with E-state index in [1.165, 1.54) is 0 Å². The third kappa shape index (κ3) is 5.28. The molecule has 8 heteroatoms. The zero-order valence-corrected chi connectivity index (χ0v) is 18.8. The number of carbonyl (C=O) groups is 2. The van der Waals surface area contributed by atoms with E-state index in [4.69, 9.17) is 14.0 Å². The molecule has 2 aromatic carbocycles. The molecule has 1 saturated heterocycles. The van der Waals surface area contributed by atoms with Crippen molar-refractivity contribution >= 4 is 17.5 Å². The molecule has 0 bridgehead atoms. The van der Waals surface area contributed by atoms with Crippen LogP contribution in [0.1, 0.15) is 46.6 Å². The minimum absolute atomic E-state index is 0.123. The van der Waals surface area contributed by atoms with Crippen LogP contribution in [0.15, 0.2) is 59.1 Å². The Morgan fingerprint density at radius 2 is 2.03 bits per heavy atom. The first-order valence-corrected chi connectivity index (χ1v) is 11.6. The third-order valence-electron chi connectivity index (χ3n) is 6.14. The van der Waals surface area contributed by atoms with Gasteiger partial charge in [-0.1, -0.05) is 41.6 Å². The second-order valence-corrected chi connectivity index (χ2v) is 8.66. The van der Waals surface area contributed by atoms with Crippen molar-refractivity contribution in [2.75, 3.05) is 18.5 Å². The standard InChI is InChI=1S/C26H27N3O5/c30-25-22(27-26(31)24-15-21(34-29-24)13-17-5-2-1-3-6-17)11-9-18-8-10-19(14-23(18)28-25)33-16-20-7-4-12-32-20/h1-3,5-6,8,10,14-15,20,22H,4,7,9,11-13,16H2,(H,27,31)(H,28,30)/t20?,22-/m1/s1. The van der Waals surface area contributed by atoms with Gasteiger partial charge in [-0.2, -0.15) is 0 Å². The van der Waals surface area contributed by atoms with E-state index in [0.717, 1.165) is 30.6 Å². The van der Waals surface area contributed by atoms with Crippen LogP contribution in [0.25, 0.3) is 0 Å². The van der Waals surface area contributed by atoms with E-state index in [0.29, 0.717) is 43.1 Å². The lowest BCUT2D eigenvalue weighted by Gasteiger charge is -2.15. The van der Waals surface area contributed by atoms with E-state index in [2.05, 4.69) is 15.8 Å². The second kappa shape index (κ2) is 10.1. The van der Waals surface area contributed by atoms with Crippen molar-refractivity contribution in [1.29, 1.82) is 0 Å². The predicted molar refractivity (Wildman–Crippen MR) is 125 cm³/mol. The van der Waals surface area contributed by atoms with E-state index in [1.54, 1.807) is 6.07 Å². The van der Waals surface area contributed by atoms with Gasteiger partial charge >= 0.3 is 0 Å². The monoisotopic (exact) mass is 461 g/mol. The zero-order chi connectivity index (χ0) is 23.3. The Kier molecular flexibility index (Phi) is 6.58. The van der Waals surface area contributed by atoms with Crippen LogP contribution in [-0.4, -0.2) is 42.3 Å². The SMILES string of the molecule is O=C(N[C@@H]1CCc2ccc(OCC3CCCO3)cc2NC1=O)c1cc(Cc2ccccc2)on1. The molecule has 176 valence electrons. The van der Waals surface area contributed by atoms with Crippen molar-refractivity contribution in [3.63, 3.8) is 0 Å². The molecule has 1 unspecified atom stereocenters. The lowest BCUT2D eigenvalue weighted by Crippen LogP contribution is -2.43. The number of benzene rings is 2. The topological polar surface area (TPSA) is 103 Å². The van der Waals surface area contributed by atoms with Crippen LogP contribution >= 0.6 is 0 Å². The molecular formula is C26H27N3O5. The summed E-state index contributed by atoms with van der Waals surface area (Å²) in [6, 6.07) is 16.4. The number of fused-ring (bicyclic) bond motifs is 1. The minimum Gasteiger partial charge on any atom is -0.491 e. The van der Waals surface area contributed by atoms with Crippen LogP contribution in [0, 0.1) is 0 Å². The maximum Gasteiger partial charge on any atom is 0.274 e. The first kappa shape index (κ1) is 22.2. The van der Waals surface area contributed by atoms with Crippen molar-refractivity contribution in [2.45, 2.75) is 44.2 Å². The van der Waals surface area contributed by atoms with Crippen LogP contribution in [0.4, 0.5) is 5.69 Å². The number of aromatic nitrogens is 1. The average Bonchev–Trinajstić information content (AvgIpc) is 3.51. The average molecular weight is 462 g/mol. The summed E-state index contributed by atoms with van der Waals surface area (Å²) in [6.45, 7) is 1.28. The highest BCUT2D eigenvalue weighted by Crippen LogP contribution is 2.27. The fraction of sp³-hybridized carbons (Fsp3) is 0.346. The Balaban J connectivity index is 1.19. The van der Waals surface area contributed by atoms with Crippen molar-refractivity contribution in [3.05, 3.63) is 77.2 Å². The van der Waals surface area contributed by atoms with Gasteiger partial charge in [-0.05, 0) is 42.9 Å². The summed E-state index contributed by atoms with van der Waals surface area (Å²) in [6.07, 6.45) is 3.85. The van der Waals surface area contributed by atoms with Crippen molar-refractivity contribution < 1.29 is 23.6 Å². The van der Waals surface area contributed by atoms with Gasteiger partial charge in [0, 0.05) is 30.8 Å². The molecule has 0 aliphatic carbocycles. The Bertz CT molecular complexity index is 1150. The van der Waals surface area contributed by atoms with Crippen LogP contribution in [-0.2, 0) is 22.4 Å². The summed E-state index contributed by atoms with van der Waals surface area (Å²) in [5.41, 5.74) is 2.93. The number of carbonyl (C=O) groups excluding carboxylic acids is 2. The minimum atomic E-state index is -0.676. The molecule has 1 aromatic heterocycles. The lowest BCUT2D eigenvalue weighted by atomic mass is 10.1. The van der Waals surface area contributed by atoms with E-state index >= 15 is 0 Å². The molecule has 2 atom stereocenters. The quantitative estimate of drug-likeness (QED) is 0.558. The number of nitrogens with zero attached hydrogens (tertiary/aromatic N) is 1. The largest absolute Gasteiger partial charge is 0.491 e. The second-order valence-electron chi connectivity index (χ2n) is 8.66. The van der Waals surface area contributed by atoms with Gasteiger partial charge in [0.05, 0.1) is 6.10 Å². The Hall–Kier alpha value is -3.65. The molecule has 1 fully saturated rings. The number of anilines is 1. The van der Waals surface area contributed by atoms with Crippen molar-refractivity contribution in [1.82, 2.24) is 10.5 Å². The molecule has 5 rings (SSSR count). The predicted octanol–water partition coefficient (Wildman–Crippen LogP) is 3.51. The van der Waals surface area contributed by atoms with E-state index in [-0.39, 0.29) is 17.7 Å². The van der Waals surface area contributed by atoms with E-state index in [1.807, 2.05) is 48.5 Å². The maximum atomic E-state index is 12.8. The van der Waals surface area contributed by atoms with Gasteiger partial charge in [0.25, 0.3) is 5.91 Å². The summed E-state index contributed by atoms with van der Waals surface area (Å²) < 4.78 is 16.8. The molecule has 0 spiro atoms. The van der Waals surface area contributed by atoms with Crippen LogP contribution in [0.5, 0.6) is 5.75 Å². The van der Waals surface area contributed by atoms with Gasteiger partial charge in [-0.25, -0.2) is 0 Å². The zero-order valence-electron chi connectivity index (χ0n) is 18.8. The highest BCUT2D eigenvalue weighted by atomic mass is 16.5. The molecule has 2 N–H and O–H groups in total. The van der Waals surface area contributed by atoms with Crippen LogP contribution in [0.3, 0.4) is 0 Å². The molecule has 3 aromatic rings. The first-order valence-electron chi connectivity index (χ1n) is 11.6. The van der Waals surface area contributed by atoms with Crippen LogP contribution < -0.4 is 15.4 Å². The normalized spacial score (nSPS) is 19.7. The molecule has 0 saturated carbocycles. The van der Waals surface area contributed by atoms with Gasteiger partial charge in [0.1, 0.15) is 24.2 Å². The molecular weight excluding hydrogens is 434 g/mol. The summed E-state index contributed by atoms with van der Waals surface area (Å²) in [5.74, 6) is 0.571. The number of nitrogens with one attached hydrogen (secondary N) is 2. The number of hydrogen-bond donors (Lipinski definition) is 2. The molecule has 3 heterocycles. The maximum absolute atomic E-state index is 12.8. The van der Waals surface area contributed by atoms with Gasteiger partial charge < -0.3 is 24.6 Å². The number of rotatable bonds is 7. The Morgan fingerprint density at radius 1 is 1.15 bits per heavy atom. The Morgan fingerprint density at radius 3 is 2.85 bits per heavy atom. The fourth-order valence-corrected chi connectivity index (χ4v) is 4.27. The van der Waals surface area contributed by atoms with Gasteiger partial charge in [0.15, 0.2) is 5.69 Å². The third-order valence-corrected chi connectivity index (χ3v) is 6.14. The first-order chi connectivity index (χ1) is 16.6. The molecule has 2 amide bonds. The summed E-state index contributed by atoms with van der Waals surface area (Å²) >= 11 is 0. The smallest absolute Gasteiger partial charge is 0.274 e. The highest BCUT2D eigenvalue weighted by Gasteiger charge is 2.27. The molecule has 8 nitrogen and oxygen atoms in total. The number of hydrogen-bond acceptors (Lipinski definition) is 6. The summed E-state index contributed by atoms with van der Waals surface area (Å²) in [4.78, 5) is 25.6. The number of ether oxygens (including phenoxy) is 2. The van der Waals surface area contributed by atoms with E-state index in [9.17, 15) is 9.59 Å². The number of amides is 2. The molecule has 2 aliphatic heterocycles. The Labute approximate surface area is 197 Å². The van der Waals surface area contributed by atoms with Gasteiger partial charge in [0.2, 0.25) is 5.91 Å². The summed E-state index contributed by atoms with van der Waals surface area (Å²) in [7, 11) is 0. The van der Waals surface area contributed by atoms with Crippen molar-refractivity contribution in [2.24, 2.45) is 0 Å². The lowest BCUT2D eigenvalue weighted by molar-refractivity contribution is -0.118. The number of aryl methyl sites for hydroxylation is 1. The van der Waals surface area contributed by atoms with E-state index < -0.39 is 11.9 Å². The molecule has 0 radical (unpaired) electrons. The fourth-order valence-electron chi connectivity index (χ4n) is 4.27. The van der Waals surface area contributed by atoms with Crippen molar-refractivity contribution in [3.8, 4) is 5.75 Å².